The fourth-order valence-corrected chi connectivity index (χ4v) is 0.901. The average molecular weight is 188 g/mol. The molecule has 0 saturated heterocycles. The molecule has 0 amide bonds. The van der Waals surface area contributed by atoms with Crippen LogP contribution >= 0.6 is 0 Å². The molecule has 1 unspecified atom stereocenters. The van der Waals surface area contributed by atoms with Crippen LogP contribution < -0.4 is 0 Å². The summed E-state index contributed by atoms with van der Waals surface area (Å²) in [6.07, 6.45) is 0.129. The van der Waals surface area contributed by atoms with Gasteiger partial charge in [0.15, 0.2) is 6.10 Å². The maximum atomic E-state index is 10.9. The van der Waals surface area contributed by atoms with Crippen LogP contribution in [-0.2, 0) is 14.3 Å². The monoisotopic (exact) mass is 188 g/mol. The maximum absolute atomic E-state index is 10.9. The Morgan fingerprint density at radius 1 is 1.46 bits per heavy atom. The van der Waals surface area contributed by atoms with Crippen LogP contribution in [0.15, 0.2) is 0 Å². The highest BCUT2D eigenvalue weighted by Gasteiger charge is 2.15. The summed E-state index contributed by atoms with van der Waals surface area (Å²) in [5.41, 5.74) is 0. The Hall–Kier alpha value is -0.900. The summed E-state index contributed by atoms with van der Waals surface area (Å²) in [5, 5.41) is 9.18. The van der Waals surface area contributed by atoms with E-state index >= 15 is 0 Å². The molecule has 0 aromatic carbocycles. The Bertz CT molecular complexity index is 176. The van der Waals surface area contributed by atoms with E-state index in [2.05, 4.69) is 4.74 Å². The first-order valence-corrected chi connectivity index (χ1v) is 4.42. The summed E-state index contributed by atoms with van der Waals surface area (Å²) in [6, 6.07) is 0. The van der Waals surface area contributed by atoms with E-state index in [1.54, 1.807) is 6.92 Å². The van der Waals surface area contributed by atoms with Gasteiger partial charge in [0.05, 0.1) is 6.61 Å². The number of esters is 1. The lowest BCUT2D eigenvalue weighted by Gasteiger charge is -2.08. The van der Waals surface area contributed by atoms with Gasteiger partial charge in [0.25, 0.3) is 0 Å². The second-order valence-corrected chi connectivity index (χ2v) is 2.86. The Balaban J connectivity index is 3.55. The van der Waals surface area contributed by atoms with Crippen molar-refractivity contribution in [1.82, 2.24) is 0 Å². The third-order valence-electron chi connectivity index (χ3n) is 1.57. The first-order valence-electron chi connectivity index (χ1n) is 4.42. The van der Waals surface area contributed by atoms with E-state index in [0.29, 0.717) is 19.3 Å². The van der Waals surface area contributed by atoms with Gasteiger partial charge in [-0.25, -0.2) is 4.79 Å². The lowest BCUT2D eigenvalue weighted by Crippen LogP contribution is -2.23. The average Bonchev–Trinajstić information content (AvgIpc) is 2.04. The van der Waals surface area contributed by atoms with Crippen LogP contribution in [0, 0.1) is 0 Å². The predicted octanol–water partition coefficient (Wildman–Crippen LogP) is 0.670. The number of hydrogen-bond donors (Lipinski definition) is 1. The first-order chi connectivity index (χ1) is 6.07. The number of carbonyl (C=O) groups excluding carboxylic acids is 2. The Labute approximate surface area is 77.9 Å². The second-order valence-electron chi connectivity index (χ2n) is 2.86. The minimum Gasteiger partial charge on any atom is -0.464 e. The Morgan fingerprint density at radius 2 is 2.08 bits per heavy atom. The summed E-state index contributed by atoms with van der Waals surface area (Å²) >= 11 is 0. The molecule has 0 aliphatic rings. The molecule has 13 heavy (non-hydrogen) atoms. The van der Waals surface area contributed by atoms with Gasteiger partial charge in [-0.05, 0) is 26.7 Å². The van der Waals surface area contributed by atoms with Crippen molar-refractivity contribution < 1.29 is 19.4 Å². The van der Waals surface area contributed by atoms with Gasteiger partial charge in [-0.2, -0.15) is 0 Å². The van der Waals surface area contributed by atoms with Gasteiger partial charge in [0.2, 0.25) is 0 Å². The summed E-state index contributed by atoms with van der Waals surface area (Å²) in [4.78, 5) is 21.4. The second kappa shape index (κ2) is 6.60. The molecule has 0 saturated carbocycles. The van der Waals surface area contributed by atoms with Crippen molar-refractivity contribution in [2.75, 3.05) is 6.61 Å². The van der Waals surface area contributed by atoms with Crippen molar-refractivity contribution in [1.29, 1.82) is 0 Å². The summed E-state index contributed by atoms with van der Waals surface area (Å²) in [5.74, 6) is -0.540. The molecule has 4 heteroatoms. The molecule has 0 bridgehead atoms. The summed E-state index contributed by atoms with van der Waals surface area (Å²) < 4.78 is 4.59. The van der Waals surface area contributed by atoms with Gasteiger partial charge < -0.3 is 14.6 Å². The van der Waals surface area contributed by atoms with Crippen LogP contribution in [0.3, 0.4) is 0 Å². The molecule has 0 aromatic rings. The molecule has 0 fully saturated rings. The molecule has 0 heterocycles. The smallest absolute Gasteiger partial charge is 0.334 e. The van der Waals surface area contributed by atoms with E-state index < -0.39 is 12.1 Å². The van der Waals surface area contributed by atoms with Crippen LogP contribution in [0.5, 0.6) is 0 Å². The molecule has 4 nitrogen and oxygen atoms in total. The van der Waals surface area contributed by atoms with Gasteiger partial charge in [-0.1, -0.05) is 0 Å². The number of hydrogen-bond acceptors (Lipinski definition) is 4. The highest BCUT2D eigenvalue weighted by molar-refractivity contribution is 5.76. The number of carbonyl (C=O) groups is 2. The molecule has 0 aliphatic carbocycles. The molecule has 1 N–H and O–H groups in total. The van der Waals surface area contributed by atoms with Gasteiger partial charge >= 0.3 is 5.97 Å². The van der Waals surface area contributed by atoms with Gasteiger partial charge in [-0.3, -0.25) is 0 Å². The van der Waals surface area contributed by atoms with Crippen molar-refractivity contribution in [3.63, 3.8) is 0 Å². The van der Waals surface area contributed by atoms with Gasteiger partial charge in [0.1, 0.15) is 5.78 Å². The maximum Gasteiger partial charge on any atom is 0.334 e. The third kappa shape index (κ3) is 6.28. The molecular formula is C9H16O4. The lowest BCUT2D eigenvalue weighted by molar-refractivity contribution is -0.153. The fraction of sp³-hybridized carbons (Fsp3) is 0.778. The van der Waals surface area contributed by atoms with Gasteiger partial charge in [0, 0.05) is 6.42 Å². The third-order valence-corrected chi connectivity index (χ3v) is 1.57. The molecule has 0 spiro atoms. The largest absolute Gasteiger partial charge is 0.464 e. The SMILES string of the molecule is CCOC(=O)C(O)CCCC(C)=O. The number of rotatable bonds is 6. The number of ketones is 1. The number of aliphatic hydroxyl groups is 1. The molecule has 0 radical (unpaired) electrons. The Morgan fingerprint density at radius 3 is 2.54 bits per heavy atom. The van der Waals surface area contributed by atoms with Crippen molar-refractivity contribution in [2.45, 2.75) is 39.2 Å². The minimum atomic E-state index is -1.08. The van der Waals surface area contributed by atoms with Crippen LogP contribution in [-0.4, -0.2) is 29.6 Å². The van der Waals surface area contributed by atoms with E-state index in [1.807, 2.05) is 0 Å². The number of aliphatic hydroxyl groups excluding tert-OH is 1. The lowest BCUT2D eigenvalue weighted by atomic mass is 10.1. The highest BCUT2D eigenvalue weighted by Crippen LogP contribution is 2.03. The molecule has 76 valence electrons. The van der Waals surface area contributed by atoms with Gasteiger partial charge in [-0.15, -0.1) is 0 Å². The minimum absolute atomic E-state index is 0.0658. The zero-order valence-corrected chi connectivity index (χ0v) is 8.08. The van der Waals surface area contributed by atoms with E-state index in [9.17, 15) is 14.7 Å². The van der Waals surface area contributed by atoms with E-state index in [0.717, 1.165) is 0 Å². The quantitative estimate of drug-likeness (QED) is 0.622. The number of ether oxygens (including phenoxy) is 1. The summed E-state index contributed by atoms with van der Waals surface area (Å²) in [7, 11) is 0. The summed E-state index contributed by atoms with van der Waals surface area (Å²) in [6.45, 7) is 3.43. The van der Waals surface area contributed by atoms with E-state index in [4.69, 9.17) is 0 Å². The molecule has 0 aromatic heterocycles. The van der Waals surface area contributed by atoms with Crippen LogP contribution in [0.1, 0.15) is 33.1 Å². The van der Waals surface area contributed by atoms with Crippen LogP contribution in [0.2, 0.25) is 0 Å². The van der Waals surface area contributed by atoms with E-state index in [-0.39, 0.29) is 12.4 Å². The standard InChI is InChI=1S/C9H16O4/c1-3-13-9(12)8(11)6-4-5-7(2)10/h8,11H,3-6H2,1-2H3. The topological polar surface area (TPSA) is 63.6 Å². The molecule has 1 atom stereocenters. The molecular weight excluding hydrogens is 172 g/mol. The fourth-order valence-electron chi connectivity index (χ4n) is 0.901. The van der Waals surface area contributed by atoms with Crippen molar-refractivity contribution in [3.8, 4) is 0 Å². The van der Waals surface area contributed by atoms with E-state index in [1.165, 1.54) is 6.92 Å². The molecule has 0 rings (SSSR count). The zero-order chi connectivity index (χ0) is 10.3. The van der Waals surface area contributed by atoms with Crippen LogP contribution in [0.4, 0.5) is 0 Å². The predicted molar refractivity (Wildman–Crippen MR) is 47.2 cm³/mol. The normalized spacial score (nSPS) is 12.2. The zero-order valence-electron chi connectivity index (χ0n) is 8.08. The highest BCUT2D eigenvalue weighted by atomic mass is 16.5. The van der Waals surface area contributed by atoms with Crippen molar-refractivity contribution in [3.05, 3.63) is 0 Å². The van der Waals surface area contributed by atoms with Crippen molar-refractivity contribution in [2.24, 2.45) is 0 Å². The molecule has 0 aliphatic heterocycles. The number of Topliss-reactive ketones (excluding diaryl/α,β-unsaturated/α-hetero) is 1. The Kier molecular flexibility index (Phi) is 6.14. The van der Waals surface area contributed by atoms with Crippen molar-refractivity contribution >= 4 is 11.8 Å². The van der Waals surface area contributed by atoms with Crippen LogP contribution in [0.25, 0.3) is 0 Å². The first kappa shape index (κ1) is 12.1.